The molecule has 1 aliphatic heterocycles. The lowest BCUT2D eigenvalue weighted by atomic mass is 10.1. The minimum absolute atomic E-state index is 0.157. The SMILES string of the molecule is CC1/C=C\C(C=O)=C/Cc2ccccc2N1c1ccccc1. The first-order chi connectivity index (χ1) is 10.8. The molecule has 1 heterocycles. The van der Waals surface area contributed by atoms with E-state index in [-0.39, 0.29) is 6.04 Å². The number of allylic oxidation sites excluding steroid dienone is 3. The normalized spacial score (nSPS) is 21.6. The van der Waals surface area contributed by atoms with Crippen molar-refractivity contribution in [3.8, 4) is 0 Å². The van der Waals surface area contributed by atoms with Crippen molar-refractivity contribution < 1.29 is 4.79 Å². The van der Waals surface area contributed by atoms with Crippen molar-refractivity contribution in [3.63, 3.8) is 0 Å². The molecule has 0 amide bonds. The van der Waals surface area contributed by atoms with Gasteiger partial charge in [0.15, 0.2) is 0 Å². The molecule has 2 nitrogen and oxygen atoms in total. The van der Waals surface area contributed by atoms with Crippen molar-refractivity contribution in [3.05, 3.63) is 84.0 Å². The van der Waals surface area contributed by atoms with Crippen LogP contribution in [0.3, 0.4) is 0 Å². The fourth-order valence-electron chi connectivity index (χ4n) is 2.82. The maximum Gasteiger partial charge on any atom is 0.149 e. The van der Waals surface area contributed by atoms with Gasteiger partial charge in [0.25, 0.3) is 0 Å². The third-order valence-electron chi connectivity index (χ3n) is 3.95. The Hall–Kier alpha value is -2.61. The van der Waals surface area contributed by atoms with Crippen LogP contribution in [-0.4, -0.2) is 12.3 Å². The number of fused-ring (bicyclic) bond motifs is 1. The maximum atomic E-state index is 11.2. The smallest absolute Gasteiger partial charge is 0.149 e. The van der Waals surface area contributed by atoms with Crippen molar-refractivity contribution in [2.45, 2.75) is 19.4 Å². The summed E-state index contributed by atoms with van der Waals surface area (Å²) >= 11 is 0. The number of hydrogen-bond donors (Lipinski definition) is 0. The number of rotatable bonds is 2. The number of aldehydes is 1. The van der Waals surface area contributed by atoms with Crippen LogP contribution in [0.2, 0.25) is 0 Å². The van der Waals surface area contributed by atoms with Crippen LogP contribution in [-0.2, 0) is 11.2 Å². The summed E-state index contributed by atoms with van der Waals surface area (Å²) in [6.07, 6.45) is 7.66. The van der Waals surface area contributed by atoms with Crippen LogP contribution in [0.4, 0.5) is 11.4 Å². The Balaban J connectivity index is 2.15. The molecule has 0 fully saturated rings. The standard InChI is InChI=1S/C20H19NO/c1-16-11-12-17(15-22)13-14-18-7-5-6-10-20(18)21(16)19-8-3-2-4-9-19/h2-13,15-16H,14H2,1H3/b12-11-,17-13+. The number of carbonyl (C=O) groups is 1. The second-order valence-electron chi connectivity index (χ2n) is 5.46. The summed E-state index contributed by atoms with van der Waals surface area (Å²) in [7, 11) is 0. The second kappa shape index (κ2) is 6.44. The predicted molar refractivity (Wildman–Crippen MR) is 91.5 cm³/mol. The highest BCUT2D eigenvalue weighted by molar-refractivity contribution is 5.78. The van der Waals surface area contributed by atoms with Gasteiger partial charge in [-0.1, -0.05) is 54.6 Å². The van der Waals surface area contributed by atoms with E-state index in [4.69, 9.17) is 0 Å². The minimum Gasteiger partial charge on any atom is -0.335 e. The molecule has 2 aromatic carbocycles. The van der Waals surface area contributed by atoms with E-state index in [0.717, 1.165) is 24.0 Å². The highest BCUT2D eigenvalue weighted by Crippen LogP contribution is 2.32. The molecular weight excluding hydrogens is 270 g/mol. The summed E-state index contributed by atoms with van der Waals surface area (Å²) in [6.45, 7) is 2.15. The number of carbonyl (C=O) groups excluding carboxylic acids is 1. The Labute approximate surface area is 131 Å². The van der Waals surface area contributed by atoms with Crippen LogP contribution in [0.5, 0.6) is 0 Å². The Kier molecular flexibility index (Phi) is 4.19. The summed E-state index contributed by atoms with van der Waals surface area (Å²) in [6, 6.07) is 18.9. The van der Waals surface area contributed by atoms with Gasteiger partial charge < -0.3 is 4.90 Å². The van der Waals surface area contributed by atoms with Gasteiger partial charge in [0.05, 0.1) is 0 Å². The second-order valence-corrected chi connectivity index (χ2v) is 5.46. The molecule has 0 saturated heterocycles. The Morgan fingerprint density at radius 3 is 2.55 bits per heavy atom. The van der Waals surface area contributed by atoms with E-state index in [2.05, 4.69) is 60.4 Å². The summed E-state index contributed by atoms with van der Waals surface area (Å²) in [5.41, 5.74) is 4.30. The predicted octanol–water partition coefficient (Wildman–Crippen LogP) is 4.45. The van der Waals surface area contributed by atoms with Gasteiger partial charge in [-0.25, -0.2) is 0 Å². The number of hydrogen-bond acceptors (Lipinski definition) is 2. The van der Waals surface area contributed by atoms with Gasteiger partial charge >= 0.3 is 0 Å². The lowest BCUT2D eigenvalue weighted by Gasteiger charge is -2.31. The van der Waals surface area contributed by atoms with Crippen LogP contribution in [0, 0.1) is 0 Å². The molecule has 1 unspecified atom stereocenters. The molecule has 0 radical (unpaired) electrons. The van der Waals surface area contributed by atoms with E-state index in [1.807, 2.05) is 24.3 Å². The quantitative estimate of drug-likeness (QED) is 0.761. The fourth-order valence-corrected chi connectivity index (χ4v) is 2.82. The van der Waals surface area contributed by atoms with Crippen LogP contribution < -0.4 is 4.90 Å². The molecule has 0 aliphatic carbocycles. The maximum absolute atomic E-state index is 11.2. The van der Waals surface area contributed by atoms with Gasteiger partial charge in [0.1, 0.15) is 6.29 Å². The third-order valence-corrected chi connectivity index (χ3v) is 3.95. The van der Waals surface area contributed by atoms with Crippen LogP contribution in [0.25, 0.3) is 0 Å². The molecule has 0 aromatic heterocycles. The Bertz CT molecular complexity index is 715. The lowest BCUT2D eigenvalue weighted by molar-refractivity contribution is -0.104. The molecule has 22 heavy (non-hydrogen) atoms. The lowest BCUT2D eigenvalue weighted by Crippen LogP contribution is -2.27. The zero-order chi connectivity index (χ0) is 15.4. The van der Waals surface area contributed by atoms with Crippen molar-refractivity contribution in [1.82, 2.24) is 0 Å². The zero-order valence-electron chi connectivity index (χ0n) is 12.6. The molecule has 0 N–H and O–H groups in total. The van der Waals surface area contributed by atoms with E-state index in [9.17, 15) is 4.79 Å². The van der Waals surface area contributed by atoms with E-state index < -0.39 is 0 Å². The van der Waals surface area contributed by atoms with Crippen LogP contribution in [0.15, 0.2) is 78.4 Å². The van der Waals surface area contributed by atoms with Crippen molar-refractivity contribution in [2.24, 2.45) is 0 Å². The number of anilines is 2. The number of para-hydroxylation sites is 2. The molecule has 0 saturated carbocycles. The van der Waals surface area contributed by atoms with E-state index in [1.165, 1.54) is 11.3 Å². The molecule has 1 atom stereocenters. The van der Waals surface area contributed by atoms with E-state index in [0.29, 0.717) is 0 Å². The monoisotopic (exact) mass is 289 g/mol. The molecule has 2 aromatic rings. The summed E-state index contributed by atoms with van der Waals surface area (Å²) in [4.78, 5) is 13.5. The van der Waals surface area contributed by atoms with Gasteiger partial charge in [-0.05, 0) is 37.1 Å². The van der Waals surface area contributed by atoms with Crippen LogP contribution >= 0.6 is 0 Å². The largest absolute Gasteiger partial charge is 0.335 e. The Morgan fingerprint density at radius 2 is 1.77 bits per heavy atom. The number of nitrogens with zero attached hydrogens (tertiary/aromatic N) is 1. The van der Waals surface area contributed by atoms with Gasteiger partial charge in [-0.3, -0.25) is 4.79 Å². The summed E-state index contributed by atoms with van der Waals surface area (Å²) < 4.78 is 0. The summed E-state index contributed by atoms with van der Waals surface area (Å²) in [5.74, 6) is 0. The molecular formula is C20H19NO. The first-order valence-electron chi connectivity index (χ1n) is 7.55. The average Bonchev–Trinajstić information content (AvgIpc) is 2.63. The van der Waals surface area contributed by atoms with E-state index >= 15 is 0 Å². The summed E-state index contributed by atoms with van der Waals surface area (Å²) in [5, 5.41) is 0. The van der Waals surface area contributed by atoms with Gasteiger partial charge in [0.2, 0.25) is 0 Å². The molecule has 1 aliphatic rings. The molecule has 0 bridgehead atoms. The highest BCUT2D eigenvalue weighted by Gasteiger charge is 2.18. The average molecular weight is 289 g/mol. The van der Waals surface area contributed by atoms with Gasteiger partial charge in [0, 0.05) is 23.0 Å². The molecule has 0 spiro atoms. The number of benzene rings is 2. The first kappa shape index (κ1) is 14.3. The molecule has 3 rings (SSSR count). The van der Waals surface area contributed by atoms with Gasteiger partial charge in [-0.15, -0.1) is 0 Å². The highest BCUT2D eigenvalue weighted by atomic mass is 16.1. The fraction of sp³-hybridized carbons (Fsp3) is 0.150. The van der Waals surface area contributed by atoms with Gasteiger partial charge in [-0.2, -0.15) is 0 Å². The zero-order valence-corrected chi connectivity index (χ0v) is 12.6. The van der Waals surface area contributed by atoms with Crippen molar-refractivity contribution >= 4 is 17.7 Å². The topological polar surface area (TPSA) is 20.3 Å². The van der Waals surface area contributed by atoms with E-state index in [1.54, 1.807) is 0 Å². The Morgan fingerprint density at radius 1 is 1.05 bits per heavy atom. The van der Waals surface area contributed by atoms with Crippen molar-refractivity contribution in [1.29, 1.82) is 0 Å². The minimum atomic E-state index is 0.157. The molecule has 110 valence electrons. The van der Waals surface area contributed by atoms with Crippen molar-refractivity contribution in [2.75, 3.05) is 4.90 Å². The van der Waals surface area contributed by atoms with Crippen LogP contribution in [0.1, 0.15) is 12.5 Å². The first-order valence-corrected chi connectivity index (χ1v) is 7.55. The third kappa shape index (κ3) is 2.86. The molecule has 2 heteroatoms.